The molecule has 3 amide bonds. The van der Waals surface area contributed by atoms with Crippen molar-refractivity contribution in [1.82, 2.24) is 15.5 Å². The number of nitrogens with zero attached hydrogens (tertiary/aromatic N) is 2. The number of nitrogens with one attached hydrogen (secondary N) is 2. The first-order valence-electron chi connectivity index (χ1n) is 10.5. The van der Waals surface area contributed by atoms with Crippen molar-refractivity contribution in [2.24, 2.45) is 11.8 Å². The van der Waals surface area contributed by atoms with Gasteiger partial charge in [0, 0.05) is 43.3 Å². The molecule has 1 unspecified atom stereocenters. The van der Waals surface area contributed by atoms with Crippen LogP contribution in [0.2, 0.25) is 5.02 Å². The average molecular weight is 437 g/mol. The van der Waals surface area contributed by atoms with Crippen LogP contribution in [0.15, 0.2) is 24.3 Å². The van der Waals surface area contributed by atoms with Crippen molar-refractivity contribution < 1.29 is 14.4 Å². The summed E-state index contributed by atoms with van der Waals surface area (Å²) in [5.41, 5.74) is 1.08. The Hall–Kier alpha value is -2.28. The Labute approximate surface area is 184 Å². The first kappa shape index (κ1) is 24.0. The maximum atomic E-state index is 12.5. The van der Waals surface area contributed by atoms with Gasteiger partial charge in [-0.05, 0) is 36.1 Å². The molecule has 0 aliphatic carbocycles. The van der Waals surface area contributed by atoms with Gasteiger partial charge in [-0.25, -0.2) is 0 Å². The lowest BCUT2D eigenvalue weighted by Gasteiger charge is -2.36. The van der Waals surface area contributed by atoms with Crippen molar-refractivity contribution >= 4 is 35.0 Å². The SMILES string of the molecule is CC(C)CC(=O)NC(C(=O)NCC(=O)N1CCN(c2ccc(Cl)cc2)CC1)C(C)C. The second-order valence-corrected chi connectivity index (χ2v) is 8.89. The number of carbonyl (C=O) groups is 3. The third-order valence-corrected chi connectivity index (χ3v) is 5.35. The third kappa shape index (κ3) is 7.20. The third-order valence-electron chi connectivity index (χ3n) is 5.10. The fourth-order valence-corrected chi connectivity index (χ4v) is 3.51. The minimum Gasteiger partial charge on any atom is -0.368 e. The summed E-state index contributed by atoms with van der Waals surface area (Å²) in [7, 11) is 0. The number of amides is 3. The molecule has 0 spiro atoms. The number of rotatable bonds is 8. The van der Waals surface area contributed by atoms with Gasteiger partial charge in [0.1, 0.15) is 6.04 Å². The number of hydrogen-bond acceptors (Lipinski definition) is 4. The van der Waals surface area contributed by atoms with Crippen LogP contribution in [-0.4, -0.2) is 61.4 Å². The molecule has 30 heavy (non-hydrogen) atoms. The molecule has 8 heteroatoms. The van der Waals surface area contributed by atoms with E-state index in [1.54, 1.807) is 4.90 Å². The maximum absolute atomic E-state index is 12.5. The molecule has 0 bridgehead atoms. The maximum Gasteiger partial charge on any atom is 0.243 e. The molecule has 1 aromatic rings. The predicted octanol–water partition coefficient (Wildman–Crippen LogP) is 2.29. The molecule has 1 heterocycles. The van der Waals surface area contributed by atoms with Crippen LogP contribution in [0.1, 0.15) is 34.1 Å². The van der Waals surface area contributed by atoms with E-state index >= 15 is 0 Å². The second kappa shape index (κ2) is 11.2. The zero-order valence-electron chi connectivity index (χ0n) is 18.3. The van der Waals surface area contributed by atoms with E-state index in [0.717, 1.165) is 18.8 Å². The number of benzene rings is 1. The molecule has 0 aromatic heterocycles. The van der Waals surface area contributed by atoms with E-state index in [9.17, 15) is 14.4 Å². The highest BCUT2D eigenvalue weighted by molar-refractivity contribution is 6.30. The molecule has 1 atom stereocenters. The van der Waals surface area contributed by atoms with Gasteiger partial charge in [0.2, 0.25) is 17.7 Å². The zero-order chi connectivity index (χ0) is 22.3. The van der Waals surface area contributed by atoms with Crippen LogP contribution < -0.4 is 15.5 Å². The summed E-state index contributed by atoms with van der Waals surface area (Å²) >= 11 is 5.94. The zero-order valence-corrected chi connectivity index (χ0v) is 19.0. The molecule has 1 saturated heterocycles. The van der Waals surface area contributed by atoms with Crippen molar-refractivity contribution in [2.45, 2.75) is 40.2 Å². The molecule has 1 aliphatic rings. The smallest absolute Gasteiger partial charge is 0.243 e. The fraction of sp³-hybridized carbons (Fsp3) is 0.591. The van der Waals surface area contributed by atoms with Gasteiger partial charge >= 0.3 is 0 Å². The van der Waals surface area contributed by atoms with Crippen molar-refractivity contribution in [1.29, 1.82) is 0 Å². The highest BCUT2D eigenvalue weighted by Gasteiger charge is 2.26. The summed E-state index contributed by atoms with van der Waals surface area (Å²) in [6, 6.07) is 7.01. The minimum atomic E-state index is -0.647. The van der Waals surface area contributed by atoms with Gasteiger partial charge in [-0.3, -0.25) is 14.4 Å². The van der Waals surface area contributed by atoms with E-state index in [0.29, 0.717) is 24.5 Å². The summed E-state index contributed by atoms with van der Waals surface area (Å²) in [5.74, 6) is -0.443. The Balaban J connectivity index is 1.80. The van der Waals surface area contributed by atoms with Gasteiger partial charge in [0.25, 0.3) is 0 Å². The lowest BCUT2D eigenvalue weighted by Crippen LogP contribution is -2.54. The van der Waals surface area contributed by atoms with E-state index in [2.05, 4.69) is 15.5 Å². The van der Waals surface area contributed by atoms with Crippen LogP contribution in [0.3, 0.4) is 0 Å². The Morgan fingerprint density at radius 3 is 2.13 bits per heavy atom. The molecule has 2 N–H and O–H groups in total. The Kier molecular flexibility index (Phi) is 8.96. The van der Waals surface area contributed by atoms with Gasteiger partial charge in [0.15, 0.2) is 0 Å². The molecular formula is C22H33ClN4O3. The van der Waals surface area contributed by atoms with E-state index in [-0.39, 0.29) is 36.1 Å². The van der Waals surface area contributed by atoms with Gasteiger partial charge in [-0.15, -0.1) is 0 Å². The number of piperazine rings is 1. The number of anilines is 1. The van der Waals surface area contributed by atoms with Crippen LogP contribution in [0.4, 0.5) is 5.69 Å². The normalized spacial score (nSPS) is 15.3. The van der Waals surface area contributed by atoms with Crippen molar-refractivity contribution in [3.05, 3.63) is 29.3 Å². The molecule has 166 valence electrons. The van der Waals surface area contributed by atoms with Gasteiger partial charge in [-0.1, -0.05) is 39.3 Å². The van der Waals surface area contributed by atoms with E-state index < -0.39 is 6.04 Å². The molecule has 0 saturated carbocycles. The number of carbonyl (C=O) groups excluding carboxylic acids is 3. The summed E-state index contributed by atoms with van der Waals surface area (Å²) in [4.78, 5) is 41.1. The van der Waals surface area contributed by atoms with Crippen LogP contribution >= 0.6 is 11.6 Å². The predicted molar refractivity (Wildman–Crippen MR) is 119 cm³/mol. The van der Waals surface area contributed by atoms with Crippen molar-refractivity contribution in [3.63, 3.8) is 0 Å². The monoisotopic (exact) mass is 436 g/mol. The average Bonchev–Trinajstić information content (AvgIpc) is 2.70. The fourth-order valence-electron chi connectivity index (χ4n) is 3.39. The van der Waals surface area contributed by atoms with Crippen LogP contribution in [0.5, 0.6) is 0 Å². The van der Waals surface area contributed by atoms with Crippen molar-refractivity contribution in [3.8, 4) is 0 Å². The Bertz CT molecular complexity index is 728. The topological polar surface area (TPSA) is 81.8 Å². The van der Waals surface area contributed by atoms with Gasteiger partial charge < -0.3 is 20.4 Å². The number of halogens is 1. The largest absolute Gasteiger partial charge is 0.368 e. The quantitative estimate of drug-likeness (QED) is 0.655. The second-order valence-electron chi connectivity index (χ2n) is 8.45. The summed E-state index contributed by atoms with van der Waals surface area (Å²) in [5, 5.41) is 6.18. The lowest BCUT2D eigenvalue weighted by molar-refractivity contribution is -0.134. The molecular weight excluding hydrogens is 404 g/mol. The van der Waals surface area contributed by atoms with Gasteiger partial charge in [-0.2, -0.15) is 0 Å². The molecule has 1 aliphatic heterocycles. The van der Waals surface area contributed by atoms with E-state index in [4.69, 9.17) is 11.6 Å². The van der Waals surface area contributed by atoms with Crippen LogP contribution in [-0.2, 0) is 14.4 Å². The molecule has 0 radical (unpaired) electrons. The molecule has 1 aromatic carbocycles. The van der Waals surface area contributed by atoms with Crippen LogP contribution in [0, 0.1) is 11.8 Å². The first-order chi connectivity index (χ1) is 14.2. The molecule has 1 fully saturated rings. The lowest BCUT2D eigenvalue weighted by atomic mass is 10.0. The van der Waals surface area contributed by atoms with E-state index in [1.165, 1.54) is 0 Å². The Morgan fingerprint density at radius 1 is 1.00 bits per heavy atom. The standard InChI is InChI=1S/C22H33ClN4O3/c1-15(2)13-19(28)25-21(16(3)4)22(30)24-14-20(29)27-11-9-26(10-12-27)18-7-5-17(23)6-8-18/h5-8,15-16,21H,9-14H2,1-4H3,(H,24,30)(H,25,28). The van der Waals surface area contributed by atoms with E-state index in [1.807, 2.05) is 52.0 Å². The van der Waals surface area contributed by atoms with Crippen LogP contribution in [0.25, 0.3) is 0 Å². The first-order valence-corrected chi connectivity index (χ1v) is 10.9. The summed E-state index contributed by atoms with van der Waals surface area (Å²) in [6.45, 7) is 10.2. The summed E-state index contributed by atoms with van der Waals surface area (Å²) < 4.78 is 0. The number of hydrogen-bond donors (Lipinski definition) is 2. The molecule has 7 nitrogen and oxygen atoms in total. The summed E-state index contributed by atoms with van der Waals surface area (Å²) in [6.07, 6.45) is 0.368. The minimum absolute atomic E-state index is 0.0664. The Morgan fingerprint density at radius 2 is 1.60 bits per heavy atom. The highest BCUT2D eigenvalue weighted by Crippen LogP contribution is 2.19. The highest BCUT2D eigenvalue weighted by atomic mass is 35.5. The molecule has 2 rings (SSSR count). The van der Waals surface area contributed by atoms with Gasteiger partial charge in [0.05, 0.1) is 6.54 Å². The van der Waals surface area contributed by atoms with Crippen molar-refractivity contribution in [2.75, 3.05) is 37.6 Å².